The maximum Gasteiger partial charge on any atom is 0.160 e. The summed E-state index contributed by atoms with van der Waals surface area (Å²) in [4.78, 5) is 9.79. The minimum Gasteiger partial charge on any atom is -0.368 e. The van der Waals surface area contributed by atoms with E-state index in [2.05, 4.69) is 61.0 Å². The molecule has 6 heteroatoms. The fraction of sp³-hybridized carbons (Fsp3) is 0.684. The lowest BCUT2D eigenvalue weighted by molar-refractivity contribution is 0.114. The summed E-state index contributed by atoms with van der Waals surface area (Å²) in [6.07, 6.45) is 2.09. The van der Waals surface area contributed by atoms with Gasteiger partial charge in [-0.3, -0.25) is 4.90 Å². The Kier molecular flexibility index (Phi) is 5.59. The zero-order valence-electron chi connectivity index (χ0n) is 16.3. The Morgan fingerprint density at radius 1 is 1.16 bits per heavy atom. The first kappa shape index (κ1) is 18.1. The van der Waals surface area contributed by atoms with E-state index in [1.165, 1.54) is 5.56 Å². The second-order valence-corrected chi connectivity index (χ2v) is 7.21. The van der Waals surface area contributed by atoms with Crippen molar-refractivity contribution in [3.8, 4) is 0 Å². The minimum atomic E-state index is 0.555. The summed E-state index contributed by atoms with van der Waals surface area (Å²) >= 11 is 0. The highest BCUT2D eigenvalue weighted by molar-refractivity contribution is 5.56. The fourth-order valence-corrected chi connectivity index (χ4v) is 3.53. The van der Waals surface area contributed by atoms with Crippen molar-refractivity contribution in [1.82, 2.24) is 24.4 Å². The molecule has 1 fully saturated rings. The van der Waals surface area contributed by atoms with Crippen LogP contribution >= 0.6 is 0 Å². The van der Waals surface area contributed by atoms with E-state index in [0.717, 1.165) is 68.4 Å². The molecule has 1 atom stereocenters. The van der Waals surface area contributed by atoms with Gasteiger partial charge in [0.05, 0.1) is 5.69 Å². The number of hydrogen-bond donors (Lipinski definition) is 1. The van der Waals surface area contributed by atoms with Gasteiger partial charge in [-0.25, -0.2) is 4.98 Å². The third-order valence-corrected chi connectivity index (χ3v) is 5.52. The van der Waals surface area contributed by atoms with E-state index in [-0.39, 0.29) is 0 Å². The number of rotatable bonds is 6. The Morgan fingerprint density at radius 3 is 2.52 bits per heavy atom. The van der Waals surface area contributed by atoms with Gasteiger partial charge in [0.15, 0.2) is 5.65 Å². The number of piperazine rings is 1. The monoisotopic (exact) mass is 344 g/mol. The van der Waals surface area contributed by atoms with Crippen molar-refractivity contribution in [2.24, 2.45) is 0 Å². The molecule has 1 unspecified atom stereocenters. The zero-order valence-corrected chi connectivity index (χ0v) is 16.3. The molecule has 0 aliphatic carbocycles. The van der Waals surface area contributed by atoms with Crippen molar-refractivity contribution in [2.75, 3.05) is 45.1 Å². The third kappa shape index (κ3) is 3.80. The molecule has 1 N–H and O–H groups in total. The number of aryl methyl sites for hydroxylation is 3. The lowest BCUT2D eigenvalue weighted by Gasteiger charge is -2.37. The number of nitrogens with zero attached hydrogens (tertiary/aromatic N) is 5. The van der Waals surface area contributed by atoms with Crippen LogP contribution < -0.4 is 5.32 Å². The van der Waals surface area contributed by atoms with Crippen LogP contribution in [0.5, 0.6) is 0 Å². The van der Waals surface area contributed by atoms with E-state index in [0.29, 0.717) is 6.04 Å². The number of hydrogen-bond acceptors (Lipinski definition) is 5. The van der Waals surface area contributed by atoms with Gasteiger partial charge in [-0.1, -0.05) is 13.8 Å². The van der Waals surface area contributed by atoms with Crippen molar-refractivity contribution in [1.29, 1.82) is 0 Å². The van der Waals surface area contributed by atoms with Crippen LogP contribution in [0, 0.1) is 13.8 Å². The minimum absolute atomic E-state index is 0.555. The maximum absolute atomic E-state index is 4.76. The first-order valence-electron chi connectivity index (χ1n) is 9.55. The molecule has 0 radical (unpaired) electrons. The SMILES string of the molecule is CCc1cc(NCC(CC)N2CCN(C)CC2)n2nc(C)c(C)c2n1. The molecule has 1 aliphatic heterocycles. The first-order chi connectivity index (χ1) is 12.0. The normalized spacial score (nSPS) is 18.0. The third-order valence-electron chi connectivity index (χ3n) is 5.52. The van der Waals surface area contributed by atoms with Crippen molar-refractivity contribution >= 4 is 11.5 Å². The van der Waals surface area contributed by atoms with Crippen molar-refractivity contribution < 1.29 is 0 Å². The number of fused-ring (bicyclic) bond motifs is 1. The summed E-state index contributed by atoms with van der Waals surface area (Å²) in [5.41, 5.74) is 4.32. The summed E-state index contributed by atoms with van der Waals surface area (Å²) in [5.74, 6) is 1.06. The van der Waals surface area contributed by atoms with Crippen molar-refractivity contribution in [2.45, 2.75) is 46.6 Å². The summed E-state index contributed by atoms with van der Waals surface area (Å²) in [6.45, 7) is 14.2. The predicted octanol–water partition coefficient (Wildman–Crippen LogP) is 2.35. The molecule has 0 bridgehead atoms. The first-order valence-corrected chi connectivity index (χ1v) is 9.55. The molecule has 0 saturated carbocycles. The van der Waals surface area contributed by atoms with Crippen LogP contribution in [-0.4, -0.2) is 70.2 Å². The topological polar surface area (TPSA) is 48.7 Å². The van der Waals surface area contributed by atoms with E-state index in [1.54, 1.807) is 0 Å². The Hall–Kier alpha value is -1.66. The van der Waals surface area contributed by atoms with Gasteiger partial charge in [-0.15, -0.1) is 0 Å². The van der Waals surface area contributed by atoms with Gasteiger partial charge >= 0.3 is 0 Å². The standard InChI is InChI=1S/C19H32N6/c1-6-16-12-18(25-19(21-16)14(3)15(4)22-25)20-13-17(7-2)24-10-8-23(5)9-11-24/h12,17,20H,6-11,13H2,1-5H3. The van der Waals surface area contributed by atoms with E-state index < -0.39 is 0 Å². The number of anilines is 1. The fourth-order valence-electron chi connectivity index (χ4n) is 3.53. The lowest BCUT2D eigenvalue weighted by atomic mass is 10.1. The van der Waals surface area contributed by atoms with Crippen LogP contribution in [0.1, 0.15) is 37.2 Å². The Bertz CT molecular complexity index is 714. The van der Waals surface area contributed by atoms with Crippen LogP contribution in [0.25, 0.3) is 5.65 Å². The van der Waals surface area contributed by atoms with Gasteiger partial charge in [-0.2, -0.15) is 9.61 Å². The highest BCUT2D eigenvalue weighted by atomic mass is 15.3. The Labute approximate surface area is 151 Å². The van der Waals surface area contributed by atoms with Gasteiger partial charge in [0.25, 0.3) is 0 Å². The molecule has 6 nitrogen and oxygen atoms in total. The molecule has 3 rings (SSSR count). The highest BCUT2D eigenvalue weighted by Crippen LogP contribution is 2.19. The summed E-state index contributed by atoms with van der Waals surface area (Å²) < 4.78 is 1.97. The van der Waals surface area contributed by atoms with E-state index in [4.69, 9.17) is 4.98 Å². The summed E-state index contributed by atoms with van der Waals surface area (Å²) in [5, 5.41) is 8.35. The van der Waals surface area contributed by atoms with Gasteiger partial charge in [-0.05, 0) is 33.7 Å². The number of likely N-dealkylation sites (N-methyl/N-ethyl adjacent to an activating group) is 1. The molecular formula is C19H32N6. The van der Waals surface area contributed by atoms with Crippen molar-refractivity contribution in [3.63, 3.8) is 0 Å². The second-order valence-electron chi connectivity index (χ2n) is 7.21. The molecular weight excluding hydrogens is 312 g/mol. The van der Waals surface area contributed by atoms with E-state index in [1.807, 2.05) is 4.52 Å². The molecule has 1 saturated heterocycles. The van der Waals surface area contributed by atoms with Gasteiger partial charge in [0.2, 0.25) is 0 Å². The van der Waals surface area contributed by atoms with Crippen LogP contribution in [0.3, 0.4) is 0 Å². The molecule has 138 valence electrons. The molecule has 0 amide bonds. The molecule has 1 aliphatic rings. The number of nitrogens with one attached hydrogen (secondary N) is 1. The molecule has 2 aromatic heterocycles. The largest absolute Gasteiger partial charge is 0.368 e. The second kappa shape index (κ2) is 7.70. The summed E-state index contributed by atoms with van der Waals surface area (Å²) in [6, 6.07) is 2.70. The van der Waals surface area contributed by atoms with E-state index in [9.17, 15) is 0 Å². The van der Waals surface area contributed by atoms with E-state index >= 15 is 0 Å². The molecule has 0 aromatic carbocycles. The van der Waals surface area contributed by atoms with Gasteiger partial charge in [0, 0.05) is 56.1 Å². The average Bonchev–Trinajstić information content (AvgIpc) is 2.91. The predicted molar refractivity (Wildman–Crippen MR) is 103 cm³/mol. The van der Waals surface area contributed by atoms with Crippen LogP contribution in [0.4, 0.5) is 5.82 Å². The van der Waals surface area contributed by atoms with Crippen LogP contribution in [0.15, 0.2) is 6.07 Å². The smallest absolute Gasteiger partial charge is 0.160 e. The molecule has 0 spiro atoms. The van der Waals surface area contributed by atoms with Crippen molar-refractivity contribution in [3.05, 3.63) is 23.0 Å². The quantitative estimate of drug-likeness (QED) is 0.872. The average molecular weight is 345 g/mol. The van der Waals surface area contributed by atoms with Gasteiger partial charge in [0.1, 0.15) is 5.82 Å². The molecule has 2 aromatic rings. The zero-order chi connectivity index (χ0) is 18.0. The van der Waals surface area contributed by atoms with Crippen LogP contribution in [0.2, 0.25) is 0 Å². The Balaban J connectivity index is 1.78. The van der Waals surface area contributed by atoms with Gasteiger partial charge < -0.3 is 10.2 Å². The molecule has 3 heterocycles. The van der Waals surface area contributed by atoms with Crippen LogP contribution in [-0.2, 0) is 6.42 Å². The summed E-state index contributed by atoms with van der Waals surface area (Å²) in [7, 11) is 2.21. The Morgan fingerprint density at radius 2 is 1.88 bits per heavy atom. The molecule has 25 heavy (non-hydrogen) atoms. The highest BCUT2D eigenvalue weighted by Gasteiger charge is 2.21. The maximum atomic E-state index is 4.76. The number of aromatic nitrogens is 3. The lowest BCUT2D eigenvalue weighted by Crippen LogP contribution is -2.50.